The molecule has 1 heterocycles. The number of carbonyl (C=O) groups excluding carboxylic acids is 1. The van der Waals surface area contributed by atoms with Crippen molar-refractivity contribution < 1.29 is 9.53 Å². The molecule has 8 heteroatoms. The van der Waals surface area contributed by atoms with Gasteiger partial charge in [-0.25, -0.2) is 0 Å². The Kier molecular flexibility index (Phi) is 5.00. The van der Waals surface area contributed by atoms with E-state index in [-0.39, 0.29) is 17.2 Å². The molecule has 8 nitrogen and oxygen atoms in total. The molecule has 0 aliphatic heterocycles. The van der Waals surface area contributed by atoms with Crippen LogP contribution in [0.2, 0.25) is 0 Å². The zero-order chi connectivity index (χ0) is 18.4. The maximum absolute atomic E-state index is 12.8. The number of H-pyrrole nitrogens is 1. The number of carbonyl (C=O) groups is 1. The van der Waals surface area contributed by atoms with Crippen LogP contribution in [0.4, 0.5) is 5.69 Å². The maximum Gasteiger partial charge on any atom is 0.216 e. The van der Waals surface area contributed by atoms with Crippen LogP contribution in [0.1, 0.15) is 21.7 Å². The number of aromatic nitrogens is 4. The van der Waals surface area contributed by atoms with Crippen LogP contribution in [0.3, 0.4) is 0 Å². The van der Waals surface area contributed by atoms with Crippen molar-refractivity contribution in [1.82, 2.24) is 20.6 Å². The minimum Gasteiger partial charge on any atom is -0.497 e. The van der Waals surface area contributed by atoms with Crippen molar-refractivity contribution in [3.63, 3.8) is 0 Å². The number of hydrogen-bond donors (Lipinski definition) is 2. The Balaban J connectivity index is 1.88. The summed E-state index contributed by atoms with van der Waals surface area (Å²) in [6.07, 6.45) is 1.44. The van der Waals surface area contributed by atoms with E-state index >= 15 is 0 Å². The Bertz CT molecular complexity index is 972. The summed E-state index contributed by atoms with van der Waals surface area (Å²) in [7, 11) is 1.57. The van der Waals surface area contributed by atoms with Crippen LogP contribution in [0, 0.1) is 11.3 Å². The van der Waals surface area contributed by atoms with E-state index in [9.17, 15) is 10.1 Å². The number of aromatic amines is 1. The highest BCUT2D eigenvalue weighted by molar-refractivity contribution is 6.12. The first-order valence-corrected chi connectivity index (χ1v) is 7.61. The molecule has 0 saturated carbocycles. The van der Waals surface area contributed by atoms with Gasteiger partial charge >= 0.3 is 0 Å². The SMILES string of the molecule is COc1ccc(C(=O)c2ccccc2NC=C(C#N)c2nn[nH]n2)cc1. The third kappa shape index (κ3) is 3.57. The Morgan fingerprint density at radius 1 is 1.23 bits per heavy atom. The monoisotopic (exact) mass is 346 g/mol. The molecular weight excluding hydrogens is 332 g/mol. The van der Waals surface area contributed by atoms with Gasteiger partial charge in [-0.05, 0) is 41.6 Å². The van der Waals surface area contributed by atoms with Gasteiger partial charge in [-0.1, -0.05) is 12.1 Å². The minimum absolute atomic E-state index is 0.151. The summed E-state index contributed by atoms with van der Waals surface area (Å²) in [4.78, 5) is 12.8. The maximum atomic E-state index is 12.8. The fraction of sp³-hybridized carbons (Fsp3) is 0.0556. The predicted molar refractivity (Wildman–Crippen MR) is 94.3 cm³/mol. The number of nitrogens with one attached hydrogen (secondary N) is 2. The Hall–Kier alpha value is -3.99. The number of allylic oxidation sites excluding steroid dienone is 1. The fourth-order valence-electron chi connectivity index (χ4n) is 2.28. The second kappa shape index (κ2) is 7.72. The van der Waals surface area contributed by atoms with Gasteiger partial charge in [-0.15, -0.1) is 10.2 Å². The first-order chi connectivity index (χ1) is 12.7. The molecule has 128 valence electrons. The lowest BCUT2D eigenvalue weighted by Gasteiger charge is -2.09. The summed E-state index contributed by atoms with van der Waals surface area (Å²) in [5, 5.41) is 25.4. The molecule has 2 N–H and O–H groups in total. The molecule has 3 rings (SSSR count). The number of tetrazole rings is 1. The molecule has 0 saturated heterocycles. The van der Waals surface area contributed by atoms with Gasteiger partial charge in [0, 0.05) is 23.0 Å². The summed E-state index contributed by atoms with van der Waals surface area (Å²) in [5.41, 5.74) is 1.75. The zero-order valence-corrected chi connectivity index (χ0v) is 13.8. The number of para-hydroxylation sites is 1. The summed E-state index contributed by atoms with van der Waals surface area (Å²) in [6.45, 7) is 0. The first-order valence-electron chi connectivity index (χ1n) is 7.61. The van der Waals surface area contributed by atoms with E-state index in [0.29, 0.717) is 22.6 Å². The van der Waals surface area contributed by atoms with Crippen LogP contribution in [0.5, 0.6) is 5.75 Å². The van der Waals surface area contributed by atoms with Crippen LogP contribution in [0.15, 0.2) is 54.7 Å². The van der Waals surface area contributed by atoms with Gasteiger partial charge in [0.15, 0.2) is 5.78 Å². The molecule has 0 spiro atoms. The highest BCUT2D eigenvalue weighted by atomic mass is 16.5. The molecular formula is C18H14N6O2. The van der Waals surface area contributed by atoms with E-state index in [1.54, 1.807) is 55.6 Å². The van der Waals surface area contributed by atoms with Crippen molar-refractivity contribution in [2.24, 2.45) is 0 Å². The van der Waals surface area contributed by atoms with Crippen molar-refractivity contribution in [1.29, 1.82) is 5.26 Å². The number of methoxy groups -OCH3 is 1. The Labute approximate surface area is 149 Å². The predicted octanol–water partition coefficient (Wildman–Crippen LogP) is 2.42. The van der Waals surface area contributed by atoms with Gasteiger partial charge in [0.25, 0.3) is 0 Å². The van der Waals surface area contributed by atoms with Gasteiger partial charge in [0.1, 0.15) is 17.4 Å². The lowest BCUT2D eigenvalue weighted by atomic mass is 10.0. The molecule has 3 aromatic rings. The number of ether oxygens (including phenoxy) is 1. The zero-order valence-electron chi connectivity index (χ0n) is 13.8. The standard InChI is InChI=1S/C18H14N6O2/c1-26-14-8-6-12(7-9-14)17(25)15-4-2-3-5-16(15)20-11-13(10-19)18-21-23-24-22-18/h2-9,11,20H,1H3,(H,21,22,23,24). The number of benzene rings is 2. The Morgan fingerprint density at radius 3 is 2.65 bits per heavy atom. The molecule has 2 aromatic carbocycles. The molecule has 1 aromatic heterocycles. The molecule has 0 aliphatic carbocycles. The van der Waals surface area contributed by atoms with Gasteiger partial charge in [0.05, 0.1) is 7.11 Å². The third-order valence-electron chi connectivity index (χ3n) is 3.60. The normalized spacial score (nSPS) is 10.8. The van der Waals surface area contributed by atoms with E-state index in [4.69, 9.17) is 4.74 Å². The van der Waals surface area contributed by atoms with Gasteiger partial charge in [-0.2, -0.15) is 10.5 Å². The highest BCUT2D eigenvalue weighted by Crippen LogP contribution is 2.21. The number of anilines is 1. The van der Waals surface area contributed by atoms with Crippen LogP contribution >= 0.6 is 0 Å². The molecule has 0 aliphatic rings. The smallest absolute Gasteiger partial charge is 0.216 e. The average molecular weight is 346 g/mol. The molecule has 26 heavy (non-hydrogen) atoms. The van der Waals surface area contributed by atoms with Gasteiger partial charge in [0.2, 0.25) is 5.82 Å². The van der Waals surface area contributed by atoms with E-state index in [2.05, 4.69) is 25.9 Å². The lowest BCUT2D eigenvalue weighted by molar-refractivity contribution is 0.103. The number of hydrogen-bond acceptors (Lipinski definition) is 7. The second-order valence-electron chi connectivity index (χ2n) is 5.15. The Morgan fingerprint density at radius 2 is 2.00 bits per heavy atom. The number of nitrogens with zero attached hydrogens (tertiary/aromatic N) is 4. The molecule has 0 radical (unpaired) electrons. The van der Waals surface area contributed by atoms with Crippen molar-refractivity contribution >= 4 is 17.0 Å². The van der Waals surface area contributed by atoms with E-state index in [1.807, 2.05) is 6.07 Å². The van der Waals surface area contributed by atoms with Crippen LogP contribution in [0.25, 0.3) is 5.57 Å². The number of ketones is 1. The first kappa shape index (κ1) is 16.9. The van der Waals surface area contributed by atoms with Crippen molar-refractivity contribution in [2.75, 3.05) is 12.4 Å². The van der Waals surface area contributed by atoms with E-state index in [1.165, 1.54) is 6.20 Å². The third-order valence-corrected chi connectivity index (χ3v) is 3.60. The van der Waals surface area contributed by atoms with Crippen LogP contribution in [-0.2, 0) is 0 Å². The van der Waals surface area contributed by atoms with Gasteiger partial charge < -0.3 is 10.1 Å². The van der Waals surface area contributed by atoms with Gasteiger partial charge in [-0.3, -0.25) is 4.79 Å². The fourth-order valence-corrected chi connectivity index (χ4v) is 2.28. The molecule has 0 atom stereocenters. The molecule has 0 unspecified atom stereocenters. The van der Waals surface area contributed by atoms with E-state index < -0.39 is 0 Å². The quantitative estimate of drug-likeness (QED) is 0.520. The largest absolute Gasteiger partial charge is 0.497 e. The van der Waals surface area contributed by atoms with Crippen LogP contribution in [-0.4, -0.2) is 33.5 Å². The second-order valence-corrected chi connectivity index (χ2v) is 5.15. The summed E-state index contributed by atoms with van der Waals surface area (Å²) >= 11 is 0. The topological polar surface area (TPSA) is 117 Å². The van der Waals surface area contributed by atoms with Crippen molar-refractivity contribution in [2.45, 2.75) is 0 Å². The molecule has 0 bridgehead atoms. The minimum atomic E-state index is -0.151. The summed E-state index contributed by atoms with van der Waals surface area (Å²) < 4.78 is 5.11. The van der Waals surface area contributed by atoms with Crippen LogP contribution < -0.4 is 10.1 Å². The number of nitriles is 1. The van der Waals surface area contributed by atoms with Crippen molar-refractivity contribution in [3.8, 4) is 11.8 Å². The molecule has 0 fully saturated rings. The summed E-state index contributed by atoms with van der Waals surface area (Å²) in [6, 6.07) is 15.9. The average Bonchev–Trinajstić information content (AvgIpc) is 3.23. The molecule has 0 amide bonds. The lowest BCUT2D eigenvalue weighted by Crippen LogP contribution is -2.05. The summed E-state index contributed by atoms with van der Waals surface area (Å²) in [5.74, 6) is 0.691. The highest BCUT2D eigenvalue weighted by Gasteiger charge is 2.13. The van der Waals surface area contributed by atoms with Crippen molar-refractivity contribution in [3.05, 3.63) is 71.7 Å². The number of rotatable bonds is 6. The van der Waals surface area contributed by atoms with E-state index in [0.717, 1.165) is 0 Å².